The topological polar surface area (TPSA) is 6.48 Å². The molecule has 0 spiro atoms. The molecule has 0 aromatic carbocycles. The Morgan fingerprint density at radius 2 is 1.70 bits per heavy atom. The van der Waals surface area contributed by atoms with Gasteiger partial charge in [0.05, 0.1) is 0 Å². The van der Waals surface area contributed by atoms with Gasteiger partial charge in [0.1, 0.15) is 0 Å². The Labute approximate surface area is 63.6 Å². The first kappa shape index (κ1) is 6.68. The van der Waals surface area contributed by atoms with Crippen molar-refractivity contribution in [1.29, 1.82) is 0 Å². The lowest BCUT2D eigenvalue weighted by Gasteiger charge is -2.37. The molecule has 0 aromatic heterocycles. The molecule has 0 aliphatic carbocycles. The molecule has 0 N–H and O–H groups in total. The van der Waals surface area contributed by atoms with E-state index in [1.807, 2.05) is 0 Å². The van der Waals surface area contributed by atoms with Crippen LogP contribution >= 0.6 is 0 Å². The van der Waals surface area contributed by atoms with Crippen molar-refractivity contribution in [3.63, 3.8) is 0 Å². The molecule has 0 aromatic rings. The molecule has 3 heteroatoms. The second-order valence-corrected chi connectivity index (χ2v) is 3.55. The van der Waals surface area contributed by atoms with Crippen molar-refractivity contribution in [2.75, 3.05) is 20.1 Å². The smallest absolute Gasteiger partial charge is 0.183 e. The largest absolute Gasteiger partial charge is 0.346 e. The van der Waals surface area contributed by atoms with Crippen molar-refractivity contribution < 1.29 is 0 Å². The minimum Gasteiger partial charge on any atom is -0.346 e. The lowest BCUT2D eigenvalue weighted by Crippen LogP contribution is -2.50. The van der Waals surface area contributed by atoms with Gasteiger partial charge in [-0.05, 0) is 19.9 Å². The first-order valence-electron chi connectivity index (χ1n) is 3.99. The Balaban J connectivity index is 2.09. The molecule has 2 heterocycles. The van der Waals surface area contributed by atoms with E-state index >= 15 is 0 Å². The van der Waals surface area contributed by atoms with Gasteiger partial charge in [-0.3, -0.25) is 0 Å². The molecule has 2 rings (SSSR count). The zero-order valence-electron chi connectivity index (χ0n) is 6.45. The second-order valence-electron chi connectivity index (χ2n) is 3.55. The molecule has 2 aliphatic heterocycles. The minimum absolute atomic E-state index is 0.642. The van der Waals surface area contributed by atoms with Crippen molar-refractivity contribution in [2.45, 2.75) is 24.9 Å². The molecule has 2 unspecified atom stereocenters. The summed E-state index contributed by atoms with van der Waals surface area (Å²) >= 11 is 0. The summed E-state index contributed by atoms with van der Waals surface area (Å²) in [4.78, 5) is 4.44. The first-order chi connectivity index (χ1) is 4.77. The van der Waals surface area contributed by atoms with Crippen LogP contribution in [0.2, 0.25) is 0 Å². The number of rotatable bonds is 0. The molecule has 2 bridgehead atoms. The highest BCUT2D eigenvalue weighted by atomic mass is 15.3. The van der Waals surface area contributed by atoms with Crippen LogP contribution in [0.15, 0.2) is 0 Å². The van der Waals surface area contributed by atoms with Gasteiger partial charge in [-0.15, -0.1) is 0 Å². The van der Waals surface area contributed by atoms with E-state index in [1.54, 1.807) is 0 Å². The van der Waals surface area contributed by atoms with E-state index in [2.05, 4.69) is 16.8 Å². The highest BCUT2D eigenvalue weighted by Gasteiger charge is 2.35. The summed E-state index contributed by atoms with van der Waals surface area (Å²) in [6, 6.07) is 1.28. The van der Waals surface area contributed by atoms with Gasteiger partial charge in [0.2, 0.25) is 0 Å². The monoisotopic (exact) mass is 136 g/mol. The van der Waals surface area contributed by atoms with Crippen LogP contribution in [-0.4, -0.2) is 49.9 Å². The summed E-state index contributed by atoms with van der Waals surface area (Å²) in [5.41, 5.74) is 0. The second kappa shape index (κ2) is 2.24. The van der Waals surface area contributed by atoms with E-state index < -0.39 is 0 Å². The number of hydrogen-bond acceptors (Lipinski definition) is 2. The quantitative estimate of drug-likeness (QED) is 0.427. The zero-order valence-corrected chi connectivity index (χ0v) is 6.45. The first-order valence-corrected chi connectivity index (χ1v) is 3.99. The summed E-state index contributed by atoms with van der Waals surface area (Å²) in [5, 5.41) is 0. The summed E-state index contributed by atoms with van der Waals surface area (Å²) in [7, 11) is 8.03. The molecular weight excluding hydrogens is 123 g/mol. The maximum absolute atomic E-state index is 5.85. The SMILES string of the molecule is [B]N1C2CCC1CN(C)C2. The van der Waals surface area contributed by atoms with Crippen molar-refractivity contribution >= 4 is 7.98 Å². The summed E-state index contributed by atoms with van der Waals surface area (Å²) in [5.74, 6) is 0. The molecule has 2 radical (unpaired) electrons. The Morgan fingerprint density at radius 1 is 1.20 bits per heavy atom. The predicted octanol–water partition coefficient (Wildman–Crippen LogP) is -0.152. The number of likely N-dealkylation sites (N-methyl/N-ethyl adjacent to an activating group) is 1. The maximum atomic E-state index is 5.85. The molecular formula is C7H13BN2. The average molecular weight is 136 g/mol. The molecule has 54 valence electrons. The van der Waals surface area contributed by atoms with E-state index in [0.29, 0.717) is 12.1 Å². The van der Waals surface area contributed by atoms with Gasteiger partial charge in [0.25, 0.3) is 0 Å². The Morgan fingerprint density at radius 3 is 2.20 bits per heavy atom. The van der Waals surface area contributed by atoms with E-state index in [-0.39, 0.29) is 0 Å². The van der Waals surface area contributed by atoms with Gasteiger partial charge < -0.3 is 9.71 Å². The Kier molecular flexibility index (Phi) is 1.50. The van der Waals surface area contributed by atoms with Crippen LogP contribution < -0.4 is 0 Å². The minimum atomic E-state index is 0.642. The van der Waals surface area contributed by atoms with Crippen molar-refractivity contribution in [1.82, 2.24) is 9.71 Å². The molecule has 2 atom stereocenters. The highest BCUT2D eigenvalue weighted by molar-refractivity contribution is 6.05. The number of nitrogens with zero attached hydrogens (tertiary/aromatic N) is 2. The third-order valence-electron chi connectivity index (χ3n) is 2.72. The van der Waals surface area contributed by atoms with Crippen LogP contribution in [-0.2, 0) is 0 Å². The molecule has 2 fully saturated rings. The zero-order chi connectivity index (χ0) is 7.14. The van der Waals surface area contributed by atoms with E-state index in [9.17, 15) is 0 Å². The van der Waals surface area contributed by atoms with Crippen molar-refractivity contribution in [3.05, 3.63) is 0 Å². The predicted molar refractivity (Wildman–Crippen MR) is 41.9 cm³/mol. The fraction of sp³-hybridized carbons (Fsp3) is 1.00. The van der Waals surface area contributed by atoms with Gasteiger partial charge in [0.15, 0.2) is 7.98 Å². The van der Waals surface area contributed by atoms with Crippen LogP contribution in [0.5, 0.6) is 0 Å². The van der Waals surface area contributed by atoms with Gasteiger partial charge in [-0.25, -0.2) is 0 Å². The third-order valence-corrected chi connectivity index (χ3v) is 2.72. The summed E-state index contributed by atoms with van der Waals surface area (Å²) in [6.07, 6.45) is 2.59. The van der Waals surface area contributed by atoms with Crippen LogP contribution in [0.25, 0.3) is 0 Å². The van der Waals surface area contributed by atoms with Gasteiger partial charge in [0, 0.05) is 25.2 Å². The van der Waals surface area contributed by atoms with Crippen molar-refractivity contribution in [2.24, 2.45) is 0 Å². The average Bonchev–Trinajstić information content (AvgIpc) is 2.20. The summed E-state index contributed by atoms with van der Waals surface area (Å²) in [6.45, 7) is 2.32. The van der Waals surface area contributed by atoms with Crippen LogP contribution in [0.4, 0.5) is 0 Å². The lowest BCUT2D eigenvalue weighted by atomic mass is 10.1. The molecule has 2 nitrogen and oxygen atoms in total. The number of fused-ring (bicyclic) bond motifs is 2. The highest BCUT2D eigenvalue weighted by Crippen LogP contribution is 2.26. The number of piperazine rings is 1. The standard InChI is InChI=1S/C7H13BN2/c1-9-4-6-2-3-7(5-9)10(6)8/h6-7H,2-5H2,1H3. The van der Waals surface area contributed by atoms with Gasteiger partial charge >= 0.3 is 0 Å². The van der Waals surface area contributed by atoms with Crippen molar-refractivity contribution in [3.8, 4) is 0 Å². The van der Waals surface area contributed by atoms with Crippen LogP contribution in [0, 0.1) is 0 Å². The fourth-order valence-corrected chi connectivity index (χ4v) is 2.15. The normalized spacial score (nSPS) is 42.5. The molecule has 0 saturated carbocycles. The Hall–Kier alpha value is -0.0151. The van der Waals surface area contributed by atoms with Crippen LogP contribution in [0.1, 0.15) is 12.8 Å². The molecule has 2 aliphatic rings. The van der Waals surface area contributed by atoms with E-state index in [4.69, 9.17) is 7.98 Å². The molecule has 10 heavy (non-hydrogen) atoms. The van der Waals surface area contributed by atoms with Gasteiger partial charge in [-0.2, -0.15) is 0 Å². The van der Waals surface area contributed by atoms with E-state index in [0.717, 1.165) is 13.1 Å². The Bertz CT molecular complexity index is 126. The summed E-state index contributed by atoms with van der Waals surface area (Å²) < 4.78 is 0. The lowest BCUT2D eigenvalue weighted by molar-refractivity contribution is 0.157. The molecule has 2 saturated heterocycles. The molecule has 0 amide bonds. The van der Waals surface area contributed by atoms with E-state index in [1.165, 1.54) is 12.8 Å². The third kappa shape index (κ3) is 0.885. The van der Waals surface area contributed by atoms with Gasteiger partial charge in [-0.1, -0.05) is 0 Å². The number of likely N-dealkylation sites (tertiary alicyclic amines) is 1. The van der Waals surface area contributed by atoms with Crippen LogP contribution in [0.3, 0.4) is 0 Å². The fourth-order valence-electron chi connectivity index (χ4n) is 2.15. The maximum Gasteiger partial charge on any atom is 0.183 e. The number of hydrogen-bond donors (Lipinski definition) is 0.